The van der Waals surface area contributed by atoms with Crippen molar-refractivity contribution < 1.29 is 13.9 Å². The van der Waals surface area contributed by atoms with Crippen LogP contribution >= 0.6 is 0 Å². The maximum Gasteiger partial charge on any atom is 0.261 e. The lowest BCUT2D eigenvalue weighted by Crippen LogP contribution is -2.23. The molecule has 0 aliphatic heterocycles. The summed E-state index contributed by atoms with van der Waals surface area (Å²) in [4.78, 5) is 27.1. The van der Waals surface area contributed by atoms with E-state index < -0.39 is 11.5 Å². The Morgan fingerprint density at radius 2 is 2.12 bits per heavy atom. The first-order valence-electron chi connectivity index (χ1n) is 7.42. The molecule has 2 heterocycles. The average molecular weight is 334 g/mol. The molecule has 0 saturated carbocycles. The van der Waals surface area contributed by atoms with Crippen molar-refractivity contribution in [3.05, 3.63) is 70.7 Å². The Balaban J connectivity index is 1.78. The number of amides is 1. The van der Waals surface area contributed by atoms with Crippen molar-refractivity contribution >= 4 is 11.6 Å². The van der Waals surface area contributed by atoms with Crippen LogP contribution < -0.4 is 15.6 Å². The molecule has 0 aliphatic carbocycles. The molecule has 124 valence electrons. The first-order chi connectivity index (χ1) is 12.2. The number of nitrogens with one attached hydrogen (secondary N) is 2. The lowest BCUT2D eigenvalue weighted by molar-refractivity contribution is 0.102. The predicted molar refractivity (Wildman–Crippen MR) is 93.5 cm³/mol. The molecule has 3 rings (SSSR count). The monoisotopic (exact) mass is 334 g/mol. The zero-order chi connectivity index (χ0) is 17.6. The fourth-order valence-corrected chi connectivity index (χ4v) is 2.22. The van der Waals surface area contributed by atoms with Crippen molar-refractivity contribution in [1.29, 1.82) is 0 Å². The number of rotatable bonds is 5. The summed E-state index contributed by atoms with van der Waals surface area (Å²) < 4.78 is 10.5. The number of pyridine rings is 1. The van der Waals surface area contributed by atoms with Crippen molar-refractivity contribution in [2.45, 2.75) is 0 Å². The molecule has 0 atom stereocenters. The standard InChI is InChI=1S/C19H14N2O4/c1-2-10-24-14-6-3-5-13(12-14)20-18(22)15-8-9-16(21-19(15)23)17-7-4-11-25-17/h1,3-9,11-12H,10H2,(H,20,22)(H,21,23). The molecule has 0 spiro atoms. The van der Waals surface area contributed by atoms with E-state index >= 15 is 0 Å². The molecule has 0 aliphatic rings. The molecular weight excluding hydrogens is 320 g/mol. The lowest BCUT2D eigenvalue weighted by Gasteiger charge is -2.08. The third-order valence-electron chi connectivity index (χ3n) is 3.35. The fraction of sp³-hybridized carbons (Fsp3) is 0.0526. The van der Waals surface area contributed by atoms with E-state index in [1.54, 1.807) is 42.5 Å². The Morgan fingerprint density at radius 1 is 1.24 bits per heavy atom. The van der Waals surface area contributed by atoms with E-state index in [-0.39, 0.29) is 12.2 Å². The maximum absolute atomic E-state index is 12.3. The van der Waals surface area contributed by atoms with Gasteiger partial charge in [0.05, 0.1) is 12.0 Å². The summed E-state index contributed by atoms with van der Waals surface area (Å²) in [5.41, 5.74) is 0.474. The van der Waals surface area contributed by atoms with Gasteiger partial charge in [-0.15, -0.1) is 6.42 Å². The Bertz CT molecular complexity index is 981. The van der Waals surface area contributed by atoms with E-state index in [4.69, 9.17) is 15.6 Å². The Labute approximate surface area is 143 Å². The van der Waals surface area contributed by atoms with Gasteiger partial charge in [0.15, 0.2) is 0 Å². The molecule has 6 heteroatoms. The fourth-order valence-electron chi connectivity index (χ4n) is 2.22. The molecule has 0 bridgehead atoms. The largest absolute Gasteiger partial charge is 0.481 e. The number of carbonyl (C=O) groups is 1. The highest BCUT2D eigenvalue weighted by atomic mass is 16.5. The van der Waals surface area contributed by atoms with Crippen LogP contribution in [0.3, 0.4) is 0 Å². The molecule has 1 aromatic carbocycles. The minimum atomic E-state index is -0.527. The first kappa shape index (κ1) is 16.1. The van der Waals surface area contributed by atoms with Crippen molar-refractivity contribution in [3.63, 3.8) is 0 Å². The van der Waals surface area contributed by atoms with E-state index in [2.05, 4.69) is 16.2 Å². The van der Waals surface area contributed by atoms with Gasteiger partial charge in [-0.05, 0) is 36.4 Å². The summed E-state index contributed by atoms with van der Waals surface area (Å²) in [6, 6.07) is 13.2. The van der Waals surface area contributed by atoms with Gasteiger partial charge in [0.25, 0.3) is 11.5 Å². The van der Waals surface area contributed by atoms with Gasteiger partial charge in [0.2, 0.25) is 0 Å². The zero-order valence-electron chi connectivity index (χ0n) is 13.1. The summed E-state index contributed by atoms with van der Waals surface area (Å²) in [6.07, 6.45) is 6.65. The second-order valence-electron chi connectivity index (χ2n) is 5.07. The van der Waals surface area contributed by atoms with E-state index in [1.807, 2.05) is 0 Å². The summed E-state index contributed by atoms with van der Waals surface area (Å²) >= 11 is 0. The number of furan rings is 1. The van der Waals surface area contributed by atoms with Crippen LogP contribution in [0.15, 0.2) is 64.0 Å². The van der Waals surface area contributed by atoms with E-state index in [9.17, 15) is 9.59 Å². The lowest BCUT2D eigenvalue weighted by atomic mass is 10.2. The number of terminal acetylenes is 1. The summed E-state index contributed by atoms with van der Waals surface area (Å²) in [7, 11) is 0. The van der Waals surface area contributed by atoms with E-state index in [0.29, 0.717) is 22.9 Å². The van der Waals surface area contributed by atoms with Crippen molar-refractivity contribution in [2.24, 2.45) is 0 Å². The second-order valence-corrected chi connectivity index (χ2v) is 5.07. The number of benzene rings is 1. The first-order valence-corrected chi connectivity index (χ1v) is 7.42. The van der Waals surface area contributed by atoms with E-state index in [0.717, 1.165) is 0 Å². The summed E-state index contributed by atoms with van der Waals surface area (Å²) in [5.74, 6) is 2.88. The van der Waals surface area contributed by atoms with E-state index in [1.165, 1.54) is 12.3 Å². The number of aromatic amines is 1. The quantitative estimate of drug-likeness (QED) is 0.703. The molecule has 0 saturated heterocycles. The topological polar surface area (TPSA) is 84.3 Å². The molecule has 1 amide bonds. The van der Waals surface area contributed by atoms with Gasteiger partial charge >= 0.3 is 0 Å². The average Bonchev–Trinajstić information content (AvgIpc) is 3.14. The van der Waals surface area contributed by atoms with Crippen LogP contribution in [-0.4, -0.2) is 17.5 Å². The number of hydrogen-bond donors (Lipinski definition) is 2. The number of hydrogen-bond acceptors (Lipinski definition) is 4. The van der Waals surface area contributed by atoms with Crippen LogP contribution in [0.25, 0.3) is 11.5 Å². The van der Waals surface area contributed by atoms with Crippen molar-refractivity contribution in [2.75, 3.05) is 11.9 Å². The van der Waals surface area contributed by atoms with Crippen LogP contribution in [-0.2, 0) is 0 Å². The minimum absolute atomic E-state index is 0.00903. The predicted octanol–water partition coefficient (Wildman–Crippen LogP) is 2.90. The van der Waals surface area contributed by atoms with Crippen LogP contribution in [0, 0.1) is 12.3 Å². The van der Waals surface area contributed by atoms with Gasteiger partial charge in [-0.25, -0.2) is 0 Å². The van der Waals surface area contributed by atoms with Gasteiger partial charge in [0, 0.05) is 11.8 Å². The molecule has 2 N–H and O–H groups in total. The van der Waals surface area contributed by atoms with Gasteiger partial charge in [0.1, 0.15) is 23.7 Å². The Morgan fingerprint density at radius 3 is 2.84 bits per heavy atom. The van der Waals surface area contributed by atoms with Gasteiger partial charge < -0.3 is 19.5 Å². The van der Waals surface area contributed by atoms with Crippen LogP contribution in [0.2, 0.25) is 0 Å². The number of H-pyrrole nitrogens is 1. The third-order valence-corrected chi connectivity index (χ3v) is 3.35. The second kappa shape index (κ2) is 7.23. The van der Waals surface area contributed by atoms with Crippen LogP contribution in [0.5, 0.6) is 5.75 Å². The molecule has 25 heavy (non-hydrogen) atoms. The van der Waals surface area contributed by atoms with Crippen molar-refractivity contribution in [1.82, 2.24) is 4.98 Å². The number of carbonyl (C=O) groups excluding carboxylic acids is 1. The molecular formula is C19H14N2O4. The molecule has 0 radical (unpaired) electrons. The van der Waals surface area contributed by atoms with Crippen molar-refractivity contribution in [3.8, 4) is 29.5 Å². The number of anilines is 1. The third kappa shape index (κ3) is 3.79. The molecule has 2 aromatic heterocycles. The summed E-state index contributed by atoms with van der Waals surface area (Å²) in [6.45, 7) is 0.130. The Kier molecular flexibility index (Phi) is 4.67. The van der Waals surface area contributed by atoms with Crippen LogP contribution in [0.1, 0.15) is 10.4 Å². The SMILES string of the molecule is C#CCOc1cccc(NC(=O)c2ccc(-c3ccco3)[nH]c2=O)c1. The maximum atomic E-state index is 12.3. The van der Waals surface area contributed by atoms with Gasteiger partial charge in [-0.3, -0.25) is 9.59 Å². The molecule has 6 nitrogen and oxygen atoms in total. The minimum Gasteiger partial charge on any atom is -0.481 e. The van der Waals surface area contributed by atoms with Gasteiger partial charge in [-0.1, -0.05) is 12.0 Å². The number of aromatic nitrogens is 1. The number of ether oxygens (including phenoxy) is 1. The van der Waals surface area contributed by atoms with Crippen LogP contribution in [0.4, 0.5) is 5.69 Å². The normalized spacial score (nSPS) is 10.0. The molecule has 0 fully saturated rings. The molecule has 3 aromatic rings. The Hall–Kier alpha value is -3.72. The highest BCUT2D eigenvalue weighted by Gasteiger charge is 2.13. The molecule has 0 unspecified atom stereocenters. The highest BCUT2D eigenvalue weighted by Crippen LogP contribution is 2.18. The zero-order valence-corrected chi connectivity index (χ0v) is 13.1. The highest BCUT2D eigenvalue weighted by molar-refractivity contribution is 6.04. The smallest absolute Gasteiger partial charge is 0.261 e. The summed E-state index contributed by atoms with van der Waals surface area (Å²) in [5, 5.41) is 2.66. The van der Waals surface area contributed by atoms with Gasteiger partial charge in [-0.2, -0.15) is 0 Å².